The molecule has 50 valence electrons. The largest absolute Gasteiger partial charge is 0.312 e. The second-order valence-corrected chi connectivity index (χ2v) is 3.24. The van der Waals surface area contributed by atoms with E-state index in [4.69, 9.17) is 10.3 Å². The molecule has 0 amide bonds. The lowest BCUT2D eigenvalue weighted by atomic mass is 10.8. The Balaban J connectivity index is 4.04. The molecule has 0 aromatic rings. The smallest absolute Gasteiger partial charge is 0.281 e. The van der Waals surface area contributed by atoms with Crippen LogP contribution in [0.5, 0.6) is 0 Å². The lowest BCUT2D eigenvalue weighted by Gasteiger charge is -2.00. The summed E-state index contributed by atoms with van der Waals surface area (Å²) in [6, 6.07) is 0. The van der Waals surface area contributed by atoms with Gasteiger partial charge in [-0.05, 0) is 0 Å². The van der Waals surface area contributed by atoms with Gasteiger partial charge in [-0.3, -0.25) is 4.55 Å². The molecule has 0 heterocycles. The molecule has 0 aliphatic carbocycles. The molecule has 3 N–H and O–H groups in total. The Kier molecular flexibility index (Phi) is 2.75. The molecule has 8 heavy (non-hydrogen) atoms. The normalized spacial score (nSPS) is 15.9. The minimum absolute atomic E-state index is 0.0706. The summed E-state index contributed by atoms with van der Waals surface area (Å²) in [6.45, 7) is 0. The van der Waals surface area contributed by atoms with Gasteiger partial charge in [-0.15, -0.1) is 0 Å². The first-order chi connectivity index (χ1) is 3.48. The van der Waals surface area contributed by atoms with Crippen molar-refractivity contribution in [2.24, 2.45) is 5.73 Å². The second kappa shape index (κ2) is 2.67. The predicted molar refractivity (Wildman–Crippen MR) is 33.4 cm³/mol. The van der Waals surface area contributed by atoms with E-state index in [0.717, 1.165) is 0 Å². The van der Waals surface area contributed by atoms with Crippen molar-refractivity contribution in [1.82, 2.24) is 0 Å². The van der Waals surface area contributed by atoms with Crippen molar-refractivity contribution in [2.45, 2.75) is 5.37 Å². The molecule has 0 fully saturated rings. The first kappa shape index (κ1) is 8.22. The average Bonchev–Trinajstić information content (AvgIpc) is 1.62. The third-order valence-corrected chi connectivity index (χ3v) is 2.13. The molecule has 4 nitrogen and oxygen atoms in total. The van der Waals surface area contributed by atoms with Gasteiger partial charge in [0, 0.05) is 5.75 Å². The van der Waals surface area contributed by atoms with Crippen LogP contribution in [0, 0.1) is 0 Å². The van der Waals surface area contributed by atoms with Crippen LogP contribution in [0.2, 0.25) is 0 Å². The number of nitrogens with two attached hydrogens (primary N) is 1. The molecule has 0 saturated carbocycles. The van der Waals surface area contributed by atoms with Crippen molar-refractivity contribution in [3.63, 3.8) is 0 Å². The van der Waals surface area contributed by atoms with Crippen molar-refractivity contribution in [3.8, 4) is 0 Å². The van der Waals surface area contributed by atoms with E-state index in [1.807, 2.05) is 0 Å². The maximum Gasteiger partial charge on any atom is 0.281 e. The molecular weight excluding hydrogens is 150 g/mol. The van der Waals surface area contributed by atoms with Crippen LogP contribution in [0.4, 0.5) is 0 Å². The second-order valence-electron chi connectivity index (χ2n) is 1.24. The van der Waals surface area contributed by atoms with Gasteiger partial charge in [-0.2, -0.15) is 21.0 Å². The van der Waals surface area contributed by atoms with E-state index < -0.39 is 15.5 Å². The number of rotatable bonds is 2. The van der Waals surface area contributed by atoms with Crippen molar-refractivity contribution in [3.05, 3.63) is 0 Å². The van der Waals surface area contributed by atoms with Crippen molar-refractivity contribution < 1.29 is 13.0 Å². The summed E-state index contributed by atoms with van der Waals surface area (Å²) in [6.07, 6.45) is 0. The van der Waals surface area contributed by atoms with Gasteiger partial charge in [0.2, 0.25) is 0 Å². The van der Waals surface area contributed by atoms with E-state index in [-0.39, 0.29) is 5.75 Å². The van der Waals surface area contributed by atoms with E-state index in [1.54, 1.807) is 0 Å². The highest BCUT2D eigenvalue weighted by Gasteiger charge is 2.14. The Morgan fingerprint density at radius 2 is 2.12 bits per heavy atom. The lowest BCUT2D eigenvalue weighted by Crippen LogP contribution is -2.31. The fourth-order valence-electron chi connectivity index (χ4n) is 0.0942. The highest BCUT2D eigenvalue weighted by atomic mass is 32.2. The molecule has 0 aliphatic rings. The Morgan fingerprint density at radius 3 is 2.12 bits per heavy atom. The lowest BCUT2D eigenvalue weighted by molar-refractivity contribution is 0.472. The maximum absolute atomic E-state index is 9.94. The standard InChI is InChI=1S/C2H7NO3S2/c3-2(1-7)8(4,5)6/h2,7H,1,3H2,(H,4,5,6)/t2-/m1/s1. The molecule has 0 unspecified atom stereocenters. The number of hydrogen-bond donors (Lipinski definition) is 3. The predicted octanol–water partition coefficient (Wildman–Crippen LogP) is -0.911. The van der Waals surface area contributed by atoms with Crippen LogP contribution < -0.4 is 5.73 Å². The van der Waals surface area contributed by atoms with E-state index >= 15 is 0 Å². The van der Waals surface area contributed by atoms with Crippen LogP contribution in [0.15, 0.2) is 0 Å². The summed E-state index contributed by atoms with van der Waals surface area (Å²) in [5.74, 6) is -0.0706. The van der Waals surface area contributed by atoms with Crippen molar-refractivity contribution in [2.75, 3.05) is 5.75 Å². The van der Waals surface area contributed by atoms with E-state index in [1.165, 1.54) is 0 Å². The minimum Gasteiger partial charge on any atom is -0.312 e. The average molecular weight is 157 g/mol. The molecule has 0 aliphatic heterocycles. The summed E-state index contributed by atoms with van der Waals surface area (Å²) >= 11 is 3.54. The zero-order chi connectivity index (χ0) is 6.78. The fourth-order valence-corrected chi connectivity index (χ4v) is 0.848. The quantitative estimate of drug-likeness (QED) is 0.358. The maximum atomic E-state index is 9.94. The van der Waals surface area contributed by atoms with Gasteiger partial charge in [0.15, 0.2) is 0 Å². The fraction of sp³-hybridized carbons (Fsp3) is 1.00. The van der Waals surface area contributed by atoms with Crippen molar-refractivity contribution >= 4 is 22.7 Å². The van der Waals surface area contributed by atoms with Crippen LogP contribution in [-0.4, -0.2) is 24.1 Å². The first-order valence-corrected chi connectivity index (χ1v) is 3.95. The van der Waals surface area contributed by atoms with Crippen molar-refractivity contribution in [1.29, 1.82) is 0 Å². The van der Waals surface area contributed by atoms with Crippen LogP contribution in [-0.2, 0) is 10.1 Å². The molecule has 0 radical (unpaired) electrons. The molecule has 1 atom stereocenters. The van der Waals surface area contributed by atoms with E-state index in [0.29, 0.717) is 0 Å². The van der Waals surface area contributed by atoms with Gasteiger partial charge < -0.3 is 5.73 Å². The number of thiol groups is 1. The third kappa shape index (κ3) is 2.51. The molecule has 6 heteroatoms. The third-order valence-electron chi connectivity index (χ3n) is 0.563. The summed E-state index contributed by atoms with van der Waals surface area (Å²) < 4.78 is 28.0. The van der Waals surface area contributed by atoms with Gasteiger partial charge in [0.05, 0.1) is 0 Å². The minimum atomic E-state index is -4.05. The molecule has 0 rings (SSSR count). The molecule has 0 spiro atoms. The Hall–Kier alpha value is 0.220. The van der Waals surface area contributed by atoms with E-state index in [2.05, 4.69) is 12.6 Å². The monoisotopic (exact) mass is 157 g/mol. The Morgan fingerprint density at radius 1 is 1.75 bits per heavy atom. The highest BCUT2D eigenvalue weighted by molar-refractivity contribution is 7.88. The van der Waals surface area contributed by atoms with Gasteiger partial charge in [0.1, 0.15) is 5.37 Å². The summed E-state index contributed by atoms with van der Waals surface area (Å²) in [4.78, 5) is 0. The number of hydrogen-bond acceptors (Lipinski definition) is 4. The summed E-state index contributed by atoms with van der Waals surface area (Å²) in [7, 11) is -4.05. The van der Waals surface area contributed by atoms with Gasteiger partial charge in [-0.1, -0.05) is 0 Å². The topological polar surface area (TPSA) is 80.4 Å². The van der Waals surface area contributed by atoms with Gasteiger partial charge in [0.25, 0.3) is 10.1 Å². The van der Waals surface area contributed by atoms with Gasteiger partial charge in [-0.25, -0.2) is 0 Å². The first-order valence-electron chi connectivity index (χ1n) is 1.81. The summed E-state index contributed by atoms with van der Waals surface area (Å²) in [5, 5.41) is -1.26. The van der Waals surface area contributed by atoms with E-state index in [9.17, 15) is 8.42 Å². The zero-order valence-electron chi connectivity index (χ0n) is 3.98. The Labute approximate surface area is 53.2 Å². The van der Waals surface area contributed by atoms with Gasteiger partial charge >= 0.3 is 0 Å². The Bertz CT molecular complexity index is 151. The van der Waals surface area contributed by atoms with Crippen LogP contribution in [0.1, 0.15) is 0 Å². The molecular formula is C2H7NO3S2. The van der Waals surface area contributed by atoms with Crippen LogP contribution >= 0.6 is 12.6 Å². The van der Waals surface area contributed by atoms with Crippen LogP contribution in [0.3, 0.4) is 0 Å². The molecule has 0 aromatic heterocycles. The summed E-state index contributed by atoms with van der Waals surface area (Å²) in [5.41, 5.74) is 4.84. The molecule has 0 aromatic carbocycles. The molecule has 0 saturated heterocycles. The SMILES string of the molecule is N[C@@H](CS)S(=O)(=O)O. The zero-order valence-corrected chi connectivity index (χ0v) is 5.69. The van der Waals surface area contributed by atoms with Crippen LogP contribution in [0.25, 0.3) is 0 Å². The molecule has 0 bridgehead atoms. The highest BCUT2D eigenvalue weighted by Crippen LogP contribution is 1.91.